The summed E-state index contributed by atoms with van der Waals surface area (Å²) in [7, 11) is 1.36. The predicted octanol–water partition coefficient (Wildman–Crippen LogP) is 9.26. The van der Waals surface area contributed by atoms with Gasteiger partial charge in [-0.2, -0.15) is 9.78 Å². The van der Waals surface area contributed by atoms with Crippen LogP contribution in [0.25, 0.3) is 61.7 Å². The fourth-order valence-corrected chi connectivity index (χ4v) is 6.29. The molecule has 0 atom stereocenters. The third-order valence-electron chi connectivity index (χ3n) is 8.46. The summed E-state index contributed by atoms with van der Waals surface area (Å²) in [5, 5.41) is 6.59. The van der Waals surface area contributed by atoms with Crippen molar-refractivity contribution >= 4 is 45.7 Å². The first-order chi connectivity index (χ1) is 24.5. The number of nitrogens with zero attached hydrogens (tertiary/aromatic N) is 4. The van der Waals surface area contributed by atoms with Gasteiger partial charge in [-0.1, -0.05) is 84.4 Å². The van der Waals surface area contributed by atoms with Gasteiger partial charge >= 0.3 is 5.97 Å². The summed E-state index contributed by atoms with van der Waals surface area (Å²) in [6, 6.07) is 43.5. The second-order valence-electron chi connectivity index (χ2n) is 11.5. The van der Waals surface area contributed by atoms with E-state index in [-0.39, 0.29) is 11.4 Å². The highest BCUT2D eigenvalue weighted by molar-refractivity contribution is 6.31. The van der Waals surface area contributed by atoms with Gasteiger partial charge in [0.05, 0.1) is 41.2 Å². The van der Waals surface area contributed by atoms with E-state index in [4.69, 9.17) is 30.8 Å². The highest BCUT2D eigenvalue weighted by atomic mass is 35.5. The van der Waals surface area contributed by atoms with Crippen molar-refractivity contribution in [2.75, 3.05) is 7.11 Å². The molecule has 0 spiro atoms. The first kappa shape index (κ1) is 30.8. The molecule has 8 rings (SSSR count). The standard InChI is InChI=1S/C41H27ClN4O4/c1-49-41(48)28-16-19-32(20-17-28)45-35(26-10-4-2-5-11-26)23-30(38(45)27-12-6-3-7-13-27)25-43-46-39(44-34-15-9-8-14-33(34)40(46)47)37-24-29-22-31(42)18-21-36(29)50-37/h2-25H,1H3. The van der Waals surface area contributed by atoms with Crippen molar-refractivity contribution in [2.24, 2.45) is 5.10 Å². The van der Waals surface area contributed by atoms with Gasteiger partial charge in [0.2, 0.25) is 5.82 Å². The van der Waals surface area contributed by atoms with Gasteiger partial charge < -0.3 is 13.7 Å². The van der Waals surface area contributed by atoms with Gasteiger partial charge in [0.25, 0.3) is 5.56 Å². The number of aromatic nitrogens is 3. The van der Waals surface area contributed by atoms with Crippen LogP contribution in [0.4, 0.5) is 0 Å². The molecule has 3 aromatic heterocycles. The number of hydrogen-bond acceptors (Lipinski definition) is 6. The molecule has 8 aromatic rings. The van der Waals surface area contributed by atoms with E-state index in [2.05, 4.69) is 4.57 Å². The number of ether oxygens (including phenoxy) is 1. The molecule has 0 aliphatic rings. The fourth-order valence-electron chi connectivity index (χ4n) is 6.11. The van der Waals surface area contributed by atoms with Crippen molar-refractivity contribution in [1.29, 1.82) is 0 Å². The predicted molar refractivity (Wildman–Crippen MR) is 197 cm³/mol. The molecule has 3 heterocycles. The van der Waals surface area contributed by atoms with E-state index >= 15 is 0 Å². The zero-order valence-electron chi connectivity index (χ0n) is 26.7. The van der Waals surface area contributed by atoms with Gasteiger partial charge in [0.1, 0.15) is 5.58 Å². The molecule has 0 fully saturated rings. The summed E-state index contributed by atoms with van der Waals surface area (Å²) in [4.78, 5) is 31.2. The number of esters is 1. The van der Waals surface area contributed by atoms with Crippen LogP contribution in [0.3, 0.4) is 0 Å². The maximum Gasteiger partial charge on any atom is 0.337 e. The maximum atomic E-state index is 14.1. The van der Waals surface area contributed by atoms with Crippen molar-refractivity contribution in [3.63, 3.8) is 0 Å². The quantitative estimate of drug-likeness (QED) is 0.124. The Bertz CT molecular complexity index is 2620. The van der Waals surface area contributed by atoms with E-state index in [9.17, 15) is 9.59 Å². The lowest BCUT2D eigenvalue weighted by Crippen LogP contribution is -2.20. The average Bonchev–Trinajstić information content (AvgIpc) is 3.76. The molecule has 242 valence electrons. The van der Waals surface area contributed by atoms with Crippen LogP contribution in [-0.4, -0.2) is 33.5 Å². The molecule has 0 aliphatic heterocycles. The Balaban J connectivity index is 1.37. The van der Waals surface area contributed by atoms with Crippen molar-refractivity contribution < 1.29 is 13.9 Å². The summed E-state index contributed by atoms with van der Waals surface area (Å²) < 4.78 is 14.5. The minimum absolute atomic E-state index is 0.250. The van der Waals surface area contributed by atoms with E-state index in [1.807, 2.05) is 84.9 Å². The highest BCUT2D eigenvalue weighted by Crippen LogP contribution is 2.36. The van der Waals surface area contributed by atoms with E-state index in [1.165, 1.54) is 11.8 Å². The third kappa shape index (κ3) is 5.57. The summed E-state index contributed by atoms with van der Waals surface area (Å²) >= 11 is 6.26. The Kier molecular flexibility index (Phi) is 7.91. The Hall–Kier alpha value is -6.51. The van der Waals surface area contributed by atoms with Gasteiger partial charge in [-0.25, -0.2) is 9.78 Å². The van der Waals surface area contributed by atoms with Crippen LogP contribution in [0.15, 0.2) is 154 Å². The molecule has 0 N–H and O–H groups in total. The molecular weight excluding hydrogens is 648 g/mol. The maximum absolute atomic E-state index is 14.1. The van der Waals surface area contributed by atoms with Crippen LogP contribution in [0, 0.1) is 0 Å². The van der Waals surface area contributed by atoms with Crippen molar-refractivity contribution in [2.45, 2.75) is 0 Å². The van der Waals surface area contributed by atoms with Crippen molar-refractivity contribution in [3.8, 4) is 39.8 Å². The summed E-state index contributed by atoms with van der Waals surface area (Å²) in [5.74, 6) is 0.208. The smallest absolute Gasteiger partial charge is 0.337 e. The summed E-state index contributed by atoms with van der Waals surface area (Å²) in [5.41, 5.74) is 6.40. The number of carbonyl (C=O) groups excluding carboxylic acids is 1. The normalized spacial score (nSPS) is 11.5. The number of fused-ring (bicyclic) bond motifs is 2. The van der Waals surface area contributed by atoms with Gasteiger partial charge in [0.15, 0.2) is 5.76 Å². The van der Waals surface area contributed by atoms with Crippen LogP contribution < -0.4 is 5.56 Å². The number of rotatable bonds is 7. The Morgan fingerprint density at radius 3 is 2.26 bits per heavy atom. The first-order valence-electron chi connectivity index (χ1n) is 15.8. The zero-order chi connectivity index (χ0) is 34.2. The van der Waals surface area contributed by atoms with E-state index < -0.39 is 5.97 Å². The Morgan fingerprint density at radius 1 is 0.820 bits per heavy atom. The molecule has 0 saturated carbocycles. The van der Waals surface area contributed by atoms with Crippen molar-refractivity contribution in [1.82, 2.24) is 14.2 Å². The number of hydrogen-bond donors (Lipinski definition) is 0. The molecular formula is C41H27ClN4O4. The van der Waals surface area contributed by atoms with Crippen LogP contribution >= 0.6 is 11.6 Å². The monoisotopic (exact) mass is 674 g/mol. The minimum Gasteiger partial charge on any atom is -0.465 e. The second-order valence-corrected chi connectivity index (χ2v) is 12.0. The lowest BCUT2D eigenvalue weighted by atomic mass is 10.1. The number of benzene rings is 5. The van der Waals surface area contributed by atoms with Crippen LogP contribution in [0.2, 0.25) is 5.02 Å². The van der Waals surface area contributed by atoms with E-state index in [1.54, 1.807) is 60.8 Å². The average molecular weight is 675 g/mol. The van der Waals surface area contributed by atoms with Crippen LogP contribution in [0.1, 0.15) is 15.9 Å². The SMILES string of the molecule is COC(=O)c1ccc(-n2c(-c3ccccc3)cc(C=Nn3c(-c4cc5cc(Cl)ccc5o4)nc4ccccc4c3=O)c2-c2ccccc2)cc1. The summed E-state index contributed by atoms with van der Waals surface area (Å²) in [6.07, 6.45) is 1.68. The molecule has 0 unspecified atom stereocenters. The Labute approximate surface area is 291 Å². The molecule has 0 aliphatic carbocycles. The summed E-state index contributed by atoms with van der Waals surface area (Å²) in [6.45, 7) is 0. The van der Waals surface area contributed by atoms with Gasteiger partial charge in [-0.05, 0) is 77.9 Å². The van der Waals surface area contributed by atoms with Gasteiger partial charge in [0, 0.05) is 21.7 Å². The van der Waals surface area contributed by atoms with Crippen molar-refractivity contribution in [3.05, 3.63) is 166 Å². The molecule has 5 aromatic carbocycles. The van der Waals surface area contributed by atoms with Crippen LogP contribution in [-0.2, 0) is 4.74 Å². The first-order valence-corrected chi connectivity index (χ1v) is 16.2. The number of furan rings is 1. The van der Waals surface area contributed by atoms with E-state index in [0.29, 0.717) is 32.8 Å². The molecule has 0 bridgehead atoms. The van der Waals surface area contributed by atoms with E-state index in [0.717, 1.165) is 39.2 Å². The number of methoxy groups -OCH3 is 1. The molecule has 50 heavy (non-hydrogen) atoms. The third-order valence-corrected chi connectivity index (χ3v) is 8.69. The lowest BCUT2D eigenvalue weighted by molar-refractivity contribution is 0.0600. The van der Waals surface area contributed by atoms with Crippen LogP contribution in [0.5, 0.6) is 0 Å². The zero-order valence-corrected chi connectivity index (χ0v) is 27.4. The largest absolute Gasteiger partial charge is 0.465 e. The molecule has 0 amide bonds. The molecule has 0 radical (unpaired) electrons. The second kappa shape index (κ2) is 12.8. The minimum atomic E-state index is -0.416. The topological polar surface area (TPSA) is 91.6 Å². The molecule has 9 heteroatoms. The molecule has 0 saturated heterocycles. The fraction of sp³-hybridized carbons (Fsp3) is 0.0244. The number of halogens is 1. The number of carbonyl (C=O) groups is 1. The van der Waals surface area contributed by atoms with Gasteiger partial charge in [-0.3, -0.25) is 4.79 Å². The highest BCUT2D eigenvalue weighted by Gasteiger charge is 2.21. The number of para-hydroxylation sites is 1. The van der Waals surface area contributed by atoms with Gasteiger partial charge in [-0.15, -0.1) is 0 Å². The Morgan fingerprint density at radius 2 is 1.52 bits per heavy atom. The lowest BCUT2D eigenvalue weighted by Gasteiger charge is -2.15. The molecule has 8 nitrogen and oxygen atoms in total.